The van der Waals surface area contributed by atoms with Crippen molar-refractivity contribution in [2.45, 2.75) is 64.3 Å². The summed E-state index contributed by atoms with van der Waals surface area (Å²) in [5.74, 6) is 0.420. The predicted molar refractivity (Wildman–Crippen MR) is 81.3 cm³/mol. The van der Waals surface area contributed by atoms with Crippen LogP contribution in [0, 0.1) is 0 Å². The zero-order valence-corrected chi connectivity index (χ0v) is 13.4. The third kappa shape index (κ3) is 3.66. The Labute approximate surface area is 126 Å². The molecule has 0 aliphatic heterocycles. The lowest BCUT2D eigenvalue weighted by atomic mass is 9.95. The van der Waals surface area contributed by atoms with Crippen molar-refractivity contribution in [1.29, 1.82) is 0 Å². The first-order valence-corrected chi connectivity index (χ1v) is 7.94. The monoisotopic (exact) mass is 295 g/mol. The average molecular weight is 295 g/mol. The number of ether oxygens (including phenoxy) is 1. The molecule has 2 rings (SSSR count). The van der Waals surface area contributed by atoms with E-state index in [1.165, 1.54) is 18.9 Å². The Morgan fingerprint density at radius 3 is 2.62 bits per heavy atom. The van der Waals surface area contributed by atoms with E-state index < -0.39 is 0 Å². The number of amides is 1. The number of allylic oxidation sites excluding steroid dienone is 3. The fraction of sp³-hybridized carbons (Fsp3) is 0.706. The van der Waals surface area contributed by atoms with E-state index in [9.17, 15) is 9.18 Å². The molecule has 0 bridgehead atoms. The lowest BCUT2D eigenvalue weighted by Crippen LogP contribution is -2.45. The predicted octanol–water partition coefficient (Wildman–Crippen LogP) is 4.11. The van der Waals surface area contributed by atoms with Gasteiger partial charge in [0.2, 0.25) is 5.91 Å². The highest BCUT2D eigenvalue weighted by molar-refractivity contribution is 5.79. The summed E-state index contributed by atoms with van der Waals surface area (Å²) >= 11 is 0. The van der Waals surface area contributed by atoms with Gasteiger partial charge in [0, 0.05) is 25.1 Å². The highest BCUT2D eigenvalue weighted by Crippen LogP contribution is 2.35. The molecular weight excluding hydrogens is 269 g/mol. The molecule has 1 saturated carbocycles. The lowest BCUT2D eigenvalue weighted by molar-refractivity contribution is -0.134. The average Bonchev–Trinajstić information content (AvgIpc) is 2.89. The van der Waals surface area contributed by atoms with Crippen molar-refractivity contribution < 1.29 is 13.9 Å². The standard InChI is InChI=1S/C17H26FNO2/c1-4-21-14-8-7-13(15(18)12-14)11-16(20)19(3)17(2)9-5-6-10-17/h12H,4-11H2,1-3H3. The van der Waals surface area contributed by atoms with Gasteiger partial charge in [-0.3, -0.25) is 4.79 Å². The van der Waals surface area contributed by atoms with Crippen LogP contribution in [0.5, 0.6) is 0 Å². The van der Waals surface area contributed by atoms with Crippen molar-refractivity contribution in [1.82, 2.24) is 4.90 Å². The van der Waals surface area contributed by atoms with Gasteiger partial charge >= 0.3 is 0 Å². The van der Waals surface area contributed by atoms with Crippen LogP contribution in [-0.2, 0) is 9.53 Å². The van der Waals surface area contributed by atoms with Gasteiger partial charge in [-0.15, -0.1) is 0 Å². The molecule has 2 aliphatic rings. The molecule has 0 aromatic carbocycles. The topological polar surface area (TPSA) is 29.5 Å². The van der Waals surface area contributed by atoms with Crippen LogP contribution in [0.1, 0.15) is 58.8 Å². The highest BCUT2D eigenvalue weighted by Gasteiger charge is 2.35. The van der Waals surface area contributed by atoms with Crippen molar-refractivity contribution in [2.75, 3.05) is 13.7 Å². The van der Waals surface area contributed by atoms with Crippen molar-refractivity contribution in [3.8, 4) is 0 Å². The third-order valence-electron chi connectivity index (χ3n) is 4.86. The summed E-state index contributed by atoms with van der Waals surface area (Å²) < 4.78 is 19.4. The van der Waals surface area contributed by atoms with Crippen LogP contribution in [0.4, 0.5) is 4.39 Å². The van der Waals surface area contributed by atoms with Gasteiger partial charge in [-0.2, -0.15) is 0 Å². The van der Waals surface area contributed by atoms with Crippen molar-refractivity contribution in [2.24, 2.45) is 0 Å². The van der Waals surface area contributed by atoms with E-state index >= 15 is 0 Å². The summed E-state index contributed by atoms with van der Waals surface area (Å²) in [6.07, 6.45) is 7.33. The van der Waals surface area contributed by atoms with Crippen molar-refractivity contribution in [3.05, 3.63) is 23.2 Å². The number of hydrogen-bond acceptors (Lipinski definition) is 2. The number of carbonyl (C=O) groups excluding carboxylic acids is 1. The zero-order valence-electron chi connectivity index (χ0n) is 13.4. The molecule has 2 aliphatic carbocycles. The van der Waals surface area contributed by atoms with Gasteiger partial charge < -0.3 is 9.64 Å². The molecule has 0 unspecified atom stereocenters. The van der Waals surface area contributed by atoms with Crippen LogP contribution in [0.2, 0.25) is 0 Å². The third-order valence-corrected chi connectivity index (χ3v) is 4.86. The normalized spacial score (nSPS) is 21.2. The Hall–Kier alpha value is -1.32. The van der Waals surface area contributed by atoms with Crippen molar-refractivity contribution in [3.63, 3.8) is 0 Å². The van der Waals surface area contributed by atoms with Gasteiger partial charge in [-0.25, -0.2) is 4.39 Å². The minimum absolute atomic E-state index is 0.0257. The van der Waals surface area contributed by atoms with Gasteiger partial charge in [-0.05, 0) is 38.7 Å². The number of halogens is 1. The van der Waals surface area contributed by atoms with Crippen molar-refractivity contribution >= 4 is 5.91 Å². The number of rotatable bonds is 5. The second-order valence-electron chi connectivity index (χ2n) is 6.33. The fourth-order valence-electron chi connectivity index (χ4n) is 3.26. The minimum Gasteiger partial charge on any atom is -0.498 e. The van der Waals surface area contributed by atoms with Gasteiger partial charge in [-0.1, -0.05) is 12.8 Å². The second kappa shape index (κ2) is 6.63. The molecule has 3 nitrogen and oxygen atoms in total. The molecule has 1 amide bonds. The van der Waals surface area contributed by atoms with Crippen LogP contribution in [-0.4, -0.2) is 30.0 Å². The summed E-state index contributed by atoms with van der Waals surface area (Å²) in [7, 11) is 1.86. The fourth-order valence-corrected chi connectivity index (χ4v) is 3.26. The Morgan fingerprint density at radius 1 is 1.38 bits per heavy atom. The molecule has 0 N–H and O–H groups in total. The van der Waals surface area contributed by atoms with E-state index in [-0.39, 0.29) is 23.7 Å². The Morgan fingerprint density at radius 2 is 2.05 bits per heavy atom. The highest BCUT2D eigenvalue weighted by atomic mass is 19.1. The van der Waals surface area contributed by atoms with E-state index in [4.69, 9.17) is 4.74 Å². The van der Waals surface area contributed by atoms with Gasteiger partial charge in [0.15, 0.2) is 0 Å². The first kappa shape index (κ1) is 16.1. The summed E-state index contributed by atoms with van der Waals surface area (Å²) in [5.41, 5.74) is 0.562. The van der Waals surface area contributed by atoms with Crippen LogP contribution in [0.3, 0.4) is 0 Å². The lowest BCUT2D eigenvalue weighted by Gasteiger charge is -2.36. The Kier molecular flexibility index (Phi) is 5.07. The first-order chi connectivity index (χ1) is 9.96. The Bertz CT molecular complexity index is 461. The SMILES string of the molecule is CCOC1=CC(F)=C(CC(=O)N(C)C2(C)CCCC2)CC1. The molecule has 0 aromatic rings. The van der Waals surface area contributed by atoms with E-state index in [2.05, 4.69) is 6.92 Å². The molecule has 0 atom stereocenters. The van der Waals surface area contributed by atoms with Crippen LogP contribution >= 0.6 is 0 Å². The summed E-state index contributed by atoms with van der Waals surface area (Å²) in [5, 5.41) is 0. The number of carbonyl (C=O) groups is 1. The smallest absolute Gasteiger partial charge is 0.226 e. The molecule has 118 valence electrons. The summed E-state index contributed by atoms with van der Waals surface area (Å²) in [6.45, 7) is 4.57. The number of hydrogen-bond donors (Lipinski definition) is 0. The molecular formula is C17H26FNO2. The van der Waals surface area contributed by atoms with Crippen LogP contribution in [0.15, 0.2) is 23.2 Å². The van der Waals surface area contributed by atoms with E-state index in [1.807, 2.05) is 18.9 Å². The van der Waals surface area contributed by atoms with Crippen LogP contribution in [0.25, 0.3) is 0 Å². The van der Waals surface area contributed by atoms with E-state index in [0.717, 1.165) is 12.8 Å². The van der Waals surface area contributed by atoms with Crippen LogP contribution < -0.4 is 0 Å². The van der Waals surface area contributed by atoms with E-state index in [0.29, 0.717) is 30.8 Å². The Balaban J connectivity index is 2.01. The van der Waals surface area contributed by atoms with Gasteiger partial charge in [0.1, 0.15) is 5.83 Å². The maximum atomic E-state index is 14.1. The minimum atomic E-state index is -0.289. The maximum absolute atomic E-state index is 14.1. The molecule has 0 saturated heterocycles. The summed E-state index contributed by atoms with van der Waals surface area (Å²) in [6, 6.07) is 0. The molecule has 1 fully saturated rings. The zero-order chi connectivity index (χ0) is 15.5. The summed E-state index contributed by atoms with van der Waals surface area (Å²) in [4.78, 5) is 14.3. The second-order valence-corrected chi connectivity index (χ2v) is 6.33. The van der Waals surface area contributed by atoms with E-state index in [1.54, 1.807) is 0 Å². The largest absolute Gasteiger partial charge is 0.498 e. The maximum Gasteiger partial charge on any atom is 0.226 e. The van der Waals surface area contributed by atoms with Gasteiger partial charge in [0.25, 0.3) is 0 Å². The molecule has 0 spiro atoms. The number of nitrogens with zero attached hydrogens (tertiary/aromatic N) is 1. The molecule has 0 heterocycles. The quantitative estimate of drug-likeness (QED) is 0.764. The molecule has 4 heteroatoms. The molecule has 0 aromatic heterocycles. The van der Waals surface area contributed by atoms with Gasteiger partial charge in [0.05, 0.1) is 18.8 Å². The molecule has 0 radical (unpaired) electrons. The first-order valence-electron chi connectivity index (χ1n) is 7.94. The molecule has 21 heavy (non-hydrogen) atoms.